The third-order valence-corrected chi connectivity index (χ3v) is 8.87. The zero-order valence-corrected chi connectivity index (χ0v) is 18.5. The molecule has 0 radical (unpaired) electrons. The molecule has 5 aliphatic rings. The van der Waals surface area contributed by atoms with E-state index in [0.717, 1.165) is 48.6 Å². The number of esters is 1. The third-order valence-electron chi connectivity index (χ3n) is 8.87. The molecule has 5 unspecified atom stereocenters. The van der Waals surface area contributed by atoms with E-state index in [9.17, 15) is 9.59 Å². The van der Waals surface area contributed by atoms with Crippen LogP contribution in [-0.4, -0.2) is 34.9 Å². The van der Waals surface area contributed by atoms with Crippen molar-refractivity contribution in [2.75, 3.05) is 7.11 Å². The van der Waals surface area contributed by atoms with Crippen LogP contribution in [0.4, 0.5) is 0 Å². The van der Waals surface area contributed by atoms with Gasteiger partial charge in [0.15, 0.2) is 0 Å². The van der Waals surface area contributed by atoms with Crippen LogP contribution in [0.3, 0.4) is 0 Å². The second-order valence-electron chi connectivity index (χ2n) is 11.0. The highest BCUT2D eigenvalue weighted by Crippen LogP contribution is 2.65. The van der Waals surface area contributed by atoms with Crippen molar-refractivity contribution in [2.45, 2.75) is 58.0 Å². The molecule has 4 aliphatic carbocycles. The van der Waals surface area contributed by atoms with Gasteiger partial charge in [-0.1, -0.05) is 24.3 Å². The number of ether oxygens (including phenoxy) is 1. The van der Waals surface area contributed by atoms with E-state index in [4.69, 9.17) is 9.72 Å². The number of methoxy groups -OCH3 is 1. The molecule has 6 atom stereocenters. The normalized spacial score (nSPS) is 37.7. The van der Waals surface area contributed by atoms with Gasteiger partial charge in [-0.15, -0.1) is 0 Å². The lowest BCUT2D eigenvalue weighted by molar-refractivity contribution is -0.203. The van der Waals surface area contributed by atoms with Gasteiger partial charge in [-0.05, 0) is 69.8 Å². The Balaban J connectivity index is 1.41. The SMILES string of the molecule is COC(=O)C12CC3CC(C1)C(N1C(=O)C(C)(C)C1c1cccc4cccnc14)[C@@H](C3)C2. The van der Waals surface area contributed by atoms with Gasteiger partial charge >= 0.3 is 5.97 Å². The predicted molar refractivity (Wildman–Crippen MR) is 117 cm³/mol. The first-order valence-corrected chi connectivity index (χ1v) is 11.6. The number of amides is 1. The second kappa shape index (κ2) is 6.30. The molecule has 4 saturated carbocycles. The van der Waals surface area contributed by atoms with Crippen molar-refractivity contribution < 1.29 is 14.3 Å². The monoisotopic (exact) mass is 418 g/mol. The van der Waals surface area contributed by atoms with Gasteiger partial charge in [-0.3, -0.25) is 14.6 Å². The van der Waals surface area contributed by atoms with Crippen LogP contribution >= 0.6 is 0 Å². The number of benzene rings is 1. The van der Waals surface area contributed by atoms with Crippen molar-refractivity contribution in [2.24, 2.45) is 28.6 Å². The minimum Gasteiger partial charge on any atom is -0.469 e. The van der Waals surface area contributed by atoms with Crippen LogP contribution in [0.5, 0.6) is 0 Å². The zero-order chi connectivity index (χ0) is 21.5. The van der Waals surface area contributed by atoms with Crippen molar-refractivity contribution in [1.29, 1.82) is 0 Å². The molecule has 162 valence electrons. The first kappa shape index (κ1) is 19.3. The molecule has 2 aromatic rings. The molecule has 1 aromatic heterocycles. The van der Waals surface area contributed by atoms with Gasteiger partial charge in [0.25, 0.3) is 0 Å². The number of nitrogens with zero attached hydrogens (tertiary/aromatic N) is 2. The van der Waals surface area contributed by atoms with Gasteiger partial charge in [0.1, 0.15) is 0 Å². The minimum absolute atomic E-state index is 0.0233. The summed E-state index contributed by atoms with van der Waals surface area (Å²) >= 11 is 0. The molecule has 2 heterocycles. The van der Waals surface area contributed by atoms with Gasteiger partial charge in [-0.25, -0.2) is 0 Å². The van der Waals surface area contributed by atoms with Gasteiger partial charge in [0.2, 0.25) is 5.91 Å². The number of carbonyl (C=O) groups is 2. The van der Waals surface area contributed by atoms with Crippen LogP contribution in [0, 0.1) is 28.6 Å². The highest BCUT2D eigenvalue weighted by Gasteiger charge is 2.66. The van der Waals surface area contributed by atoms with Gasteiger partial charge in [-0.2, -0.15) is 0 Å². The lowest BCUT2D eigenvalue weighted by atomic mass is 9.47. The maximum absolute atomic E-state index is 13.5. The van der Waals surface area contributed by atoms with E-state index >= 15 is 0 Å². The number of aromatic nitrogens is 1. The standard InChI is InChI=1S/C26H30N2O3/c1-25(2)22(19-8-4-6-16-7-5-9-27-20(16)19)28(23(25)29)21-17-10-15-11-18(21)14-26(12-15,13-17)24(30)31-3/h4-9,15,17-18,21-22H,10-14H2,1-3H3/t15?,17-,18?,21?,22?,26?/m0/s1. The van der Waals surface area contributed by atoms with E-state index in [0.29, 0.717) is 17.8 Å². The third kappa shape index (κ3) is 2.46. The average molecular weight is 419 g/mol. The van der Waals surface area contributed by atoms with E-state index in [2.05, 4.69) is 43.0 Å². The number of pyridine rings is 1. The first-order valence-electron chi connectivity index (χ1n) is 11.6. The fraction of sp³-hybridized carbons (Fsp3) is 0.577. The Morgan fingerprint density at radius 2 is 1.81 bits per heavy atom. The Morgan fingerprint density at radius 3 is 2.52 bits per heavy atom. The molecular formula is C26H30N2O3. The number of likely N-dealkylation sites (tertiary alicyclic amines) is 1. The van der Waals surface area contributed by atoms with Crippen LogP contribution in [0.25, 0.3) is 10.9 Å². The fourth-order valence-corrected chi connectivity index (χ4v) is 7.96. The summed E-state index contributed by atoms with van der Waals surface area (Å²) in [6, 6.07) is 10.6. The molecule has 31 heavy (non-hydrogen) atoms. The zero-order valence-electron chi connectivity index (χ0n) is 18.5. The van der Waals surface area contributed by atoms with Gasteiger partial charge in [0.05, 0.1) is 29.5 Å². The summed E-state index contributed by atoms with van der Waals surface area (Å²) < 4.78 is 5.24. The number of para-hydroxylation sites is 1. The van der Waals surface area contributed by atoms with E-state index in [1.165, 1.54) is 7.11 Å². The Hall–Kier alpha value is -2.43. The molecule has 0 N–H and O–H groups in total. The predicted octanol–water partition coefficient (Wildman–Crippen LogP) is 4.51. The summed E-state index contributed by atoms with van der Waals surface area (Å²) in [5.41, 5.74) is 1.39. The largest absolute Gasteiger partial charge is 0.469 e. The van der Waals surface area contributed by atoms with Gasteiger partial charge in [0, 0.05) is 23.2 Å². The minimum atomic E-state index is -0.444. The maximum Gasteiger partial charge on any atom is 0.311 e. The first-order chi connectivity index (χ1) is 14.9. The molecule has 5 heteroatoms. The molecule has 5 fully saturated rings. The Labute approximate surface area is 183 Å². The summed E-state index contributed by atoms with van der Waals surface area (Å²) in [4.78, 5) is 33.1. The molecule has 1 amide bonds. The van der Waals surface area contributed by atoms with Crippen LogP contribution in [0.2, 0.25) is 0 Å². The van der Waals surface area contributed by atoms with E-state index in [-0.39, 0.29) is 29.4 Å². The molecular weight excluding hydrogens is 388 g/mol. The molecule has 4 bridgehead atoms. The van der Waals surface area contributed by atoms with Crippen LogP contribution < -0.4 is 0 Å². The molecule has 0 spiro atoms. The molecule has 7 rings (SSSR count). The van der Waals surface area contributed by atoms with Crippen LogP contribution in [0.15, 0.2) is 36.5 Å². The van der Waals surface area contributed by atoms with E-state index in [1.54, 1.807) is 0 Å². The number of fused-ring (bicyclic) bond motifs is 1. The molecule has 1 saturated heterocycles. The highest BCUT2D eigenvalue weighted by molar-refractivity contribution is 5.93. The lowest BCUT2D eigenvalue weighted by Gasteiger charge is -2.66. The summed E-state index contributed by atoms with van der Waals surface area (Å²) in [7, 11) is 1.52. The number of carbonyl (C=O) groups excluding carboxylic acids is 2. The molecule has 5 nitrogen and oxygen atoms in total. The van der Waals surface area contributed by atoms with Crippen molar-refractivity contribution in [3.63, 3.8) is 0 Å². The van der Waals surface area contributed by atoms with Crippen molar-refractivity contribution in [3.05, 3.63) is 42.1 Å². The highest BCUT2D eigenvalue weighted by atomic mass is 16.5. The Kier molecular flexibility index (Phi) is 3.92. The summed E-state index contributed by atoms with van der Waals surface area (Å²) in [6.45, 7) is 4.15. The summed E-state index contributed by atoms with van der Waals surface area (Å²) in [5.74, 6) is 1.58. The Bertz CT molecular complexity index is 1070. The van der Waals surface area contributed by atoms with Crippen molar-refractivity contribution in [3.8, 4) is 0 Å². The number of β-lactam (4-membered cyclic amide) rings is 1. The molecule has 1 aromatic carbocycles. The smallest absolute Gasteiger partial charge is 0.311 e. The van der Waals surface area contributed by atoms with Crippen LogP contribution in [0.1, 0.15) is 57.6 Å². The van der Waals surface area contributed by atoms with Crippen LogP contribution in [-0.2, 0) is 14.3 Å². The van der Waals surface area contributed by atoms with E-state index < -0.39 is 5.41 Å². The Morgan fingerprint density at radius 1 is 1.10 bits per heavy atom. The van der Waals surface area contributed by atoms with Gasteiger partial charge < -0.3 is 9.64 Å². The van der Waals surface area contributed by atoms with Crippen molar-refractivity contribution >= 4 is 22.8 Å². The molecule has 1 aliphatic heterocycles. The number of rotatable bonds is 3. The van der Waals surface area contributed by atoms with Crippen molar-refractivity contribution in [1.82, 2.24) is 9.88 Å². The second-order valence-corrected chi connectivity index (χ2v) is 11.0. The number of hydrogen-bond acceptors (Lipinski definition) is 4. The fourth-order valence-electron chi connectivity index (χ4n) is 7.96. The lowest BCUT2D eigenvalue weighted by Crippen LogP contribution is -2.70. The van der Waals surface area contributed by atoms with E-state index in [1.807, 2.05) is 12.3 Å². The summed E-state index contributed by atoms with van der Waals surface area (Å²) in [6.07, 6.45) is 6.79. The maximum atomic E-state index is 13.5. The number of hydrogen-bond donors (Lipinski definition) is 0. The topological polar surface area (TPSA) is 59.5 Å². The summed E-state index contributed by atoms with van der Waals surface area (Å²) in [5, 5.41) is 1.12. The quantitative estimate of drug-likeness (QED) is 0.543. The average Bonchev–Trinajstić information content (AvgIpc) is 2.76.